The molecule has 0 bridgehead atoms. The molecule has 1 aliphatic carbocycles. The summed E-state index contributed by atoms with van der Waals surface area (Å²) in [5, 5.41) is 0. The van der Waals surface area contributed by atoms with Crippen molar-refractivity contribution in [3.63, 3.8) is 0 Å². The molecule has 0 aromatic heterocycles. The number of carbonyl (C=O) groups excluding carboxylic acids is 1. The Hall–Kier alpha value is -1.03. The first-order chi connectivity index (χ1) is 7.58. The first-order valence-corrected chi connectivity index (χ1v) is 6.20. The van der Waals surface area contributed by atoms with Gasteiger partial charge in [0.15, 0.2) is 0 Å². The SMILES string of the molecule is CN(C(=O)c1cc(N)cc(Br)c1)C1CCC1. The molecule has 4 heteroatoms. The van der Waals surface area contributed by atoms with Crippen LogP contribution >= 0.6 is 15.9 Å². The summed E-state index contributed by atoms with van der Waals surface area (Å²) >= 11 is 3.35. The van der Waals surface area contributed by atoms with E-state index in [1.54, 1.807) is 12.1 Å². The van der Waals surface area contributed by atoms with Crippen LogP contribution in [0.25, 0.3) is 0 Å². The number of amides is 1. The highest BCUT2D eigenvalue weighted by atomic mass is 79.9. The number of anilines is 1. The van der Waals surface area contributed by atoms with Crippen molar-refractivity contribution in [3.05, 3.63) is 28.2 Å². The van der Waals surface area contributed by atoms with Crippen molar-refractivity contribution in [1.29, 1.82) is 0 Å². The second kappa shape index (κ2) is 4.45. The number of halogens is 1. The van der Waals surface area contributed by atoms with Crippen molar-refractivity contribution in [2.45, 2.75) is 25.3 Å². The minimum atomic E-state index is 0.0534. The fourth-order valence-electron chi connectivity index (χ4n) is 1.88. The minimum Gasteiger partial charge on any atom is -0.399 e. The van der Waals surface area contributed by atoms with E-state index in [1.165, 1.54) is 6.42 Å². The van der Waals surface area contributed by atoms with Crippen molar-refractivity contribution in [2.24, 2.45) is 0 Å². The molecular formula is C12H15BrN2O. The van der Waals surface area contributed by atoms with Crippen molar-refractivity contribution < 1.29 is 4.79 Å². The van der Waals surface area contributed by atoms with E-state index in [4.69, 9.17) is 5.73 Å². The molecule has 86 valence electrons. The molecule has 1 aliphatic rings. The van der Waals surface area contributed by atoms with Gasteiger partial charge in [0, 0.05) is 28.8 Å². The molecule has 1 amide bonds. The van der Waals surface area contributed by atoms with Gasteiger partial charge in [-0.1, -0.05) is 15.9 Å². The van der Waals surface area contributed by atoms with E-state index in [1.807, 2.05) is 18.0 Å². The molecule has 1 aromatic rings. The van der Waals surface area contributed by atoms with E-state index in [2.05, 4.69) is 15.9 Å². The lowest BCUT2D eigenvalue weighted by Crippen LogP contribution is -2.41. The van der Waals surface area contributed by atoms with Gasteiger partial charge in [-0.2, -0.15) is 0 Å². The van der Waals surface area contributed by atoms with Crippen LogP contribution in [0.2, 0.25) is 0 Å². The van der Waals surface area contributed by atoms with Gasteiger partial charge in [0.2, 0.25) is 0 Å². The maximum atomic E-state index is 12.1. The summed E-state index contributed by atoms with van der Waals surface area (Å²) in [5.74, 6) is 0.0534. The van der Waals surface area contributed by atoms with E-state index in [0.717, 1.165) is 17.3 Å². The van der Waals surface area contributed by atoms with Gasteiger partial charge >= 0.3 is 0 Å². The number of hydrogen-bond acceptors (Lipinski definition) is 2. The molecule has 16 heavy (non-hydrogen) atoms. The summed E-state index contributed by atoms with van der Waals surface area (Å²) in [6.07, 6.45) is 3.46. The van der Waals surface area contributed by atoms with E-state index in [0.29, 0.717) is 17.3 Å². The Morgan fingerprint density at radius 1 is 1.44 bits per heavy atom. The molecule has 0 aliphatic heterocycles. The molecule has 2 N–H and O–H groups in total. The molecule has 0 atom stereocenters. The van der Waals surface area contributed by atoms with Gasteiger partial charge in [0.05, 0.1) is 0 Å². The van der Waals surface area contributed by atoms with Crippen LogP contribution in [0.3, 0.4) is 0 Å². The van der Waals surface area contributed by atoms with Gasteiger partial charge in [0.25, 0.3) is 5.91 Å². The lowest BCUT2D eigenvalue weighted by molar-refractivity contribution is 0.0652. The molecule has 0 unspecified atom stereocenters. The van der Waals surface area contributed by atoms with Crippen LogP contribution in [0.15, 0.2) is 22.7 Å². The lowest BCUT2D eigenvalue weighted by Gasteiger charge is -2.34. The summed E-state index contributed by atoms with van der Waals surface area (Å²) in [7, 11) is 1.86. The van der Waals surface area contributed by atoms with Crippen molar-refractivity contribution in [3.8, 4) is 0 Å². The number of benzene rings is 1. The van der Waals surface area contributed by atoms with Crippen LogP contribution in [0.1, 0.15) is 29.6 Å². The zero-order valence-electron chi connectivity index (χ0n) is 9.24. The maximum Gasteiger partial charge on any atom is 0.253 e. The second-order valence-corrected chi connectivity index (χ2v) is 5.19. The molecule has 0 radical (unpaired) electrons. The lowest BCUT2D eigenvalue weighted by atomic mass is 9.91. The van der Waals surface area contributed by atoms with Crippen LogP contribution in [0.5, 0.6) is 0 Å². The summed E-state index contributed by atoms with van der Waals surface area (Å²) in [6, 6.07) is 5.74. The number of rotatable bonds is 2. The van der Waals surface area contributed by atoms with Crippen LogP contribution in [0, 0.1) is 0 Å². The van der Waals surface area contributed by atoms with E-state index in [9.17, 15) is 4.79 Å². The number of hydrogen-bond donors (Lipinski definition) is 1. The third-order valence-corrected chi connectivity index (χ3v) is 3.57. The van der Waals surface area contributed by atoms with E-state index >= 15 is 0 Å². The number of nitrogens with zero attached hydrogens (tertiary/aromatic N) is 1. The van der Waals surface area contributed by atoms with Crippen molar-refractivity contribution in [2.75, 3.05) is 12.8 Å². The Kier molecular flexibility index (Phi) is 3.19. The maximum absolute atomic E-state index is 12.1. The van der Waals surface area contributed by atoms with Gasteiger partial charge in [-0.3, -0.25) is 4.79 Å². The van der Waals surface area contributed by atoms with Crippen molar-refractivity contribution >= 4 is 27.5 Å². The third kappa shape index (κ3) is 2.21. The molecule has 1 aromatic carbocycles. The quantitative estimate of drug-likeness (QED) is 0.848. The largest absolute Gasteiger partial charge is 0.399 e. The predicted molar refractivity (Wildman–Crippen MR) is 68.3 cm³/mol. The zero-order valence-corrected chi connectivity index (χ0v) is 10.8. The van der Waals surface area contributed by atoms with E-state index < -0.39 is 0 Å². The van der Waals surface area contributed by atoms with E-state index in [-0.39, 0.29) is 5.91 Å². The summed E-state index contributed by atoms with van der Waals surface area (Å²) in [4.78, 5) is 14.0. The van der Waals surface area contributed by atoms with Crippen molar-refractivity contribution in [1.82, 2.24) is 4.90 Å². The van der Waals surface area contributed by atoms with Crippen LogP contribution < -0.4 is 5.73 Å². The number of nitrogen functional groups attached to an aromatic ring is 1. The average molecular weight is 283 g/mol. The fraction of sp³-hybridized carbons (Fsp3) is 0.417. The van der Waals surface area contributed by atoms with Gasteiger partial charge in [-0.15, -0.1) is 0 Å². The predicted octanol–water partition coefficient (Wildman–Crippen LogP) is 2.66. The Morgan fingerprint density at radius 2 is 2.12 bits per heavy atom. The summed E-state index contributed by atoms with van der Waals surface area (Å²) in [6.45, 7) is 0. The highest BCUT2D eigenvalue weighted by Gasteiger charge is 2.26. The number of carbonyl (C=O) groups is 1. The average Bonchev–Trinajstić information content (AvgIpc) is 2.12. The normalized spacial score (nSPS) is 15.6. The molecular weight excluding hydrogens is 268 g/mol. The Morgan fingerprint density at radius 3 is 2.62 bits per heavy atom. The van der Waals surface area contributed by atoms with Crippen LogP contribution in [-0.4, -0.2) is 23.9 Å². The second-order valence-electron chi connectivity index (χ2n) is 4.27. The van der Waals surface area contributed by atoms with Gasteiger partial charge in [-0.05, 0) is 37.5 Å². The van der Waals surface area contributed by atoms with Gasteiger partial charge < -0.3 is 10.6 Å². The first kappa shape index (κ1) is 11.5. The standard InChI is InChI=1S/C12H15BrN2O/c1-15(11-3-2-4-11)12(16)8-5-9(13)7-10(14)6-8/h5-7,11H,2-4,14H2,1H3. The fourth-order valence-corrected chi connectivity index (χ4v) is 2.39. The smallest absolute Gasteiger partial charge is 0.253 e. The molecule has 2 rings (SSSR count). The highest BCUT2D eigenvalue weighted by Crippen LogP contribution is 2.26. The van der Waals surface area contributed by atoms with Crippen LogP contribution in [0.4, 0.5) is 5.69 Å². The van der Waals surface area contributed by atoms with Gasteiger partial charge in [0.1, 0.15) is 0 Å². The van der Waals surface area contributed by atoms with Gasteiger partial charge in [-0.25, -0.2) is 0 Å². The summed E-state index contributed by atoms with van der Waals surface area (Å²) in [5.41, 5.74) is 6.98. The minimum absolute atomic E-state index is 0.0534. The third-order valence-electron chi connectivity index (χ3n) is 3.11. The molecule has 3 nitrogen and oxygen atoms in total. The van der Waals surface area contributed by atoms with Crippen LogP contribution in [-0.2, 0) is 0 Å². The summed E-state index contributed by atoms with van der Waals surface area (Å²) < 4.78 is 0.845. The molecule has 1 saturated carbocycles. The number of nitrogens with two attached hydrogens (primary N) is 1. The Bertz CT molecular complexity index is 395. The topological polar surface area (TPSA) is 46.3 Å². The first-order valence-electron chi connectivity index (χ1n) is 5.41. The zero-order chi connectivity index (χ0) is 11.7. The highest BCUT2D eigenvalue weighted by molar-refractivity contribution is 9.10. The Balaban J connectivity index is 2.19. The molecule has 0 heterocycles. The monoisotopic (exact) mass is 282 g/mol. The molecule has 1 fully saturated rings. The molecule has 0 saturated heterocycles. The Labute approximate surface area is 104 Å². The molecule has 0 spiro atoms.